The molecule has 0 radical (unpaired) electrons. The zero-order valence-electron chi connectivity index (χ0n) is 18.2. The molecule has 0 aromatic heterocycles. The van der Waals surface area contributed by atoms with Gasteiger partial charge in [0.15, 0.2) is 0 Å². The average Bonchev–Trinajstić information content (AvgIpc) is 2.66. The molecule has 2 aromatic rings. The molecule has 0 aliphatic heterocycles. The van der Waals surface area contributed by atoms with Crippen LogP contribution in [0.4, 0.5) is 0 Å². The Kier molecular flexibility index (Phi) is 4.63. The number of carbonyl (C=O) groups excluding carboxylic acids is 2. The molecule has 2 amide bonds. The van der Waals surface area contributed by atoms with Crippen molar-refractivity contribution in [1.29, 1.82) is 0 Å². The Balaban J connectivity index is 2.31. The molecule has 0 fully saturated rings. The maximum absolute atomic E-state index is 12.6. The minimum atomic E-state index is -3.13. The fourth-order valence-electron chi connectivity index (χ4n) is 2.42. The van der Waals surface area contributed by atoms with Gasteiger partial charge in [0.05, 0.1) is 7.39 Å². The maximum atomic E-state index is 12.6. The number of nitrogens with two attached hydrogens (primary N) is 1. The smallest absolute Gasteiger partial charge is 0.325 e. The lowest BCUT2D eigenvalue weighted by molar-refractivity contribution is -0.141. The number of benzene rings is 2. The molecule has 3 atom stereocenters. The first-order valence-corrected chi connectivity index (χ1v) is 7.93. The first-order valence-electron chi connectivity index (χ1n) is 9.93. The summed E-state index contributed by atoms with van der Waals surface area (Å²) in [6, 6.07) is 7.26. The van der Waals surface area contributed by atoms with Crippen molar-refractivity contribution in [3.05, 3.63) is 48.0 Å². The van der Waals surface area contributed by atoms with E-state index in [1.54, 1.807) is 12.1 Å². The number of nitrogens with one attached hydrogen (secondary N) is 2. The van der Waals surface area contributed by atoms with E-state index in [0.717, 1.165) is 10.8 Å². The van der Waals surface area contributed by atoms with Crippen molar-refractivity contribution in [2.45, 2.75) is 38.3 Å². The topological polar surface area (TPSA) is 122 Å². The summed E-state index contributed by atoms with van der Waals surface area (Å²) >= 11 is 0. The average molecular weight is 361 g/mol. The predicted molar refractivity (Wildman–Crippen MR) is 98.5 cm³/mol. The molecule has 0 aliphatic carbocycles. The predicted octanol–water partition coefficient (Wildman–Crippen LogP) is 0.804. The minimum Gasteiger partial charge on any atom is -0.480 e. The molecule has 0 spiro atoms. The van der Waals surface area contributed by atoms with Gasteiger partial charge in [0.2, 0.25) is 11.8 Å². The first-order chi connectivity index (χ1) is 13.8. The highest BCUT2D eigenvalue weighted by Crippen LogP contribution is 2.17. The van der Waals surface area contributed by atoms with Crippen LogP contribution in [0.5, 0.6) is 0 Å². The number of hydrogen-bond acceptors (Lipinski definition) is 4. The standard InChI is InChI=1S/C19H23N3O4/c1-11(20)17(23)22-16(18(24)21-12(2)19(25)26)10-13-7-8-14-5-3-4-6-15(14)9-13/h3-9,11-12,16H,10,20H2,1-2H3,(H,21,24)(H,22,23)(H,25,26)/t11?,12-,16+/m0/s1/i1D3,11D. The van der Waals surface area contributed by atoms with Crippen molar-refractivity contribution in [2.24, 2.45) is 5.73 Å². The van der Waals surface area contributed by atoms with Gasteiger partial charge in [-0.25, -0.2) is 0 Å². The molecule has 26 heavy (non-hydrogen) atoms. The summed E-state index contributed by atoms with van der Waals surface area (Å²) in [6.07, 6.45) is -0.0637. The van der Waals surface area contributed by atoms with Gasteiger partial charge in [0.1, 0.15) is 12.1 Å². The van der Waals surface area contributed by atoms with Crippen LogP contribution < -0.4 is 16.4 Å². The molecule has 7 nitrogen and oxygen atoms in total. The van der Waals surface area contributed by atoms with Crippen LogP contribution in [0.3, 0.4) is 0 Å². The Morgan fingerprint density at radius 3 is 2.50 bits per heavy atom. The lowest BCUT2D eigenvalue weighted by Gasteiger charge is -2.21. The van der Waals surface area contributed by atoms with Crippen molar-refractivity contribution in [2.75, 3.05) is 0 Å². The molecule has 2 rings (SSSR count). The van der Waals surface area contributed by atoms with Crippen LogP contribution >= 0.6 is 0 Å². The van der Waals surface area contributed by atoms with E-state index in [1.807, 2.05) is 30.3 Å². The minimum absolute atomic E-state index is 0.0637. The molecule has 0 heterocycles. The lowest BCUT2D eigenvalue weighted by Crippen LogP contribution is -2.54. The van der Waals surface area contributed by atoms with Crippen LogP contribution in [-0.4, -0.2) is 41.0 Å². The van der Waals surface area contributed by atoms with Gasteiger partial charge in [-0.05, 0) is 30.1 Å². The molecule has 0 aliphatic rings. The number of aliphatic carboxylic acids is 1. The lowest BCUT2D eigenvalue weighted by atomic mass is 10.0. The number of carboxylic acids is 1. The Morgan fingerprint density at radius 1 is 1.15 bits per heavy atom. The van der Waals surface area contributed by atoms with E-state index in [4.69, 9.17) is 16.3 Å². The molecule has 0 saturated heterocycles. The summed E-state index contributed by atoms with van der Waals surface area (Å²) in [7, 11) is 0. The molecular formula is C19H23N3O4. The molecule has 0 bridgehead atoms. The Morgan fingerprint density at radius 2 is 1.85 bits per heavy atom. The van der Waals surface area contributed by atoms with E-state index in [-0.39, 0.29) is 6.42 Å². The van der Waals surface area contributed by atoms with Crippen molar-refractivity contribution in [3.8, 4) is 0 Å². The summed E-state index contributed by atoms with van der Waals surface area (Å²) in [6.45, 7) is -1.88. The van der Waals surface area contributed by atoms with E-state index >= 15 is 0 Å². The van der Waals surface area contributed by atoms with Gasteiger partial charge in [0, 0.05) is 10.5 Å². The largest absolute Gasteiger partial charge is 0.480 e. The molecular weight excluding hydrogens is 334 g/mol. The van der Waals surface area contributed by atoms with E-state index in [2.05, 4.69) is 10.6 Å². The normalized spacial score (nSPS) is 18.2. The highest BCUT2D eigenvalue weighted by Gasteiger charge is 2.25. The summed E-state index contributed by atoms with van der Waals surface area (Å²) in [4.78, 5) is 36.0. The molecule has 5 N–H and O–H groups in total. The number of fused-ring (bicyclic) bond motifs is 1. The third-order valence-corrected chi connectivity index (χ3v) is 3.85. The van der Waals surface area contributed by atoms with Crippen molar-refractivity contribution in [3.63, 3.8) is 0 Å². The highest BCUT2D eigenvalue weighted by molar-refractivity contribution is 5.92. The molecule has 2 aromatic carbocycles. The third kappa shape index (κ3) is 5.03. The Hall–Kier alpha value is -2.93. The van der Waals surface area contributed by atoms with Crippen LogP contribution in [0.2, 0.25) is 0 Å². The maximum Gasteiger partial charge on any atom is 0.325 e. The number of carbonyl (C=O) groups is 3. The van der Waals surface area contributed by atoms with Crippen LogP contribution in [-0.2, 0) is 20.8 Å². The molecule has 1 unspecified atom stereocenters. The van der Waals surface area contributed by atoms with E-state index in [0.29, 0.717) is 5.56 Å². The van der Waals surface area contributed by atoms with Gasteiger partial charge < -0.3 is 21.5 Å². The second kappa shape index (κ2) is 8.44. The van der Waals surface area contributed by atoms with Crippen molar-refractivity contribution >= 4 is 28.6 Å². The molecule has 0 saturated carbocycles. The van der Waals surface area contributed by atoms with Crippen molar-refractivity contribution < 1.29 is 25.0 Å². The van der Waals surface area contributed by atoms with E-state index in [1.165, 1.54) is 6.92 Å². The van der Waals surface area contributed by atoms with Gasteiger partial charge in [-0.15, -0.1) is 0 Å². The second-order valence-electron chi connectivity index (χ2n) is 5.89. The number of rotatable bonds is 7. The second-order valence-corrected chi connectivity index (χ2v) is 5.89. The highest BCUT2D eigenvalue weighted by atomic mass is 16.4. The van der Waals surface area contributed by atoms with Gasteiger partial charge in [-0.3, -0.25) is 14.4 Å². The van der Waals surface area contributed by atoms with Gasteiger partial charge in [0.25, 0.3) is 0 Å². The van der Waals surface area contributed by atoms with Gasteiger partial charge >= 0.3 is 5.97 Å². The summed E-state index contributed by atoms with van der Waals surface area (Å²) in [5, 5.41) is 15.3. The molecule has 7 heteroatoms. The third-order valence-electron chi connectivity index (χ3n) is 3.85. The van der Waals surface area contributed by atoms with Crippen LogP contribution in [0.1, 0.15) is 24.8 Å². The summed E-state index contributed by atoms with van der Waals surface area (Å²) in [5.74, 6) is -3.49. The van der Waals surface area contributed by atoms with Crippen molar-refractivity contribution in [1.82, 2.24) is 10.6 Å². The molecule has 138 valence electrons. The van der Waals surface area contributed by atoms with Crippen LogP contribution in [0, 0.1) is 0 Å². The summed E-state index contributed by atoms with van der Waals surface area (Å²) < 4.78 is 29.5. The fourth-order valence-corrected chi connectivity index (χ4v) is 2.42. The Labute approximate surface area is 157 Å². The van der Waals surface area contributed by atoms with Gasteiger partial charge in [-0.1, -0.05) is 42.5 Å². The summed E-state index contributed by atoms with van der Waals surface area (Å²) in [5.41, 5.74) is 6.01. The number of amides is 2. The van der Waals surface area contributed by atoms with E-state index in [9.17, 15) is 14.4 Å². The number of carboxylic acid groups (broad SMARTS) is 1. The SMILES string of the molecule is [2H]C([2H])([2H])C([2H])(N)C(=O)N[C@H](Cc1ccc2ccccc2c1)C(=O)N[C@@H](C)C(=O)O. The zero-order valence-corrected chi connectivity index (χ0v) is 14.2. The monoisotopic (exact) mass is 361 g/mol. The number of hydrogen-bond donors (Lipinski definition) is 4. The fraction of sp³-hybridized carbons (Fsp3) is 0.316. The van der Waals surface area contributed by atoms with Crippen LogP contribution in [0.25, 0.3) is 10.8 Å². The Bertz CT molecular complexity index is 962. The van der Waals surface area contributed by atoms with Gasteiger partial charge in [-0.2, -0.15) is 0 Å². The van der Waals surface area contributed by atoms with Crippen LogP contribution in [0.15, 0.2) is 42.5 Å². The van der Waals surface area contributed by atoms with E-state index < -0.39 is 42.7 Å². The first kappa shape index (κ1) is 14.3. The quantitative estimate of drug-likeness (QED) is 0.581. The zero-order chi connectivity index (χ0) is 22.7.